The van der Waals surface area contributed by atoms with Gasteiger partial charge in [0, 0.05) is 5.56 Å². The lowest BCUT2D eigenvalue weighted by Gasteiger charge is -2.07. The van der Waals surface area contributed by atoms with Gasteiger partial charge in [-0.05, 0) is 38.5 Å². The number of benzene rings is 1. The molecule has 21 heavy (non-hydrogen) atoms. The van der Waals surface area contributed by atoms with Gasteiger partial charge >= 0.3 is 5.97 Å². The Morgan fingerprint density at radius 1 is 1.14 bits per heavy atom. The van der Waals surface area contributed by atoms with Crippen molar-refractivity contribution in [2.24, 2.45) is 0 Å². The number of hydrogen-bond donors (Lipinski definition) is 2. The maximum absolute atomic E-state index is 12.1. The van der Waals surface area contributed by atoms with Crippen molar-refractivity contribution in [3.63, 3.8) is 0 Å². The van der Waals surface area contributed by atoms with E-state index in [9.17, 15) is 9.59 Å². The summed E-state index contributed by atoms with van der Waals surface area (Å²) in [7, 11) is 0. The van der Waals surface area contributed by atoms with Gasteiger partial charge in [0.1, 0.15) is 17.1 Å². The smallest absolute Gasteiger partial charge is 0.339 e. The molecule has 0 aliphatic heterocycles. The molecule has 1 amide bonds. The van der Waals surface area contributed by atoms with Crippen LogP contribution in [-0.4, -0.2) is 17.0 Å². The van der Waals surface area contributed by atoms with Crippen LogP contribution < -0.4 is 5.32 Å². The molecule has 5 heteroatoms. The molecular weight excluding hydrogens is 270 g/mol. The summed E-state index contributed by atoms with van der Waals surface area (Å²) in [6.07, 6.45) is 0. The van der Waals surface area contributed by atoms with E-state index in [1.807, 2.05) is 26.0 Å². The molecule has 1 heterocycles. The molecule has 0 radical (unpaired) electrons. The third-order valence-electron chi connectivity index (χ3n) is 3.25. The molecule has 0 unspecified atom stereocenters. The number of carbonyl (C=O) groups excluding carboxylic acids is 1. The molecule has 0 atom stereocenters. The highest BCUT2D eigenvalue weighted by Gasteiger charge is 2.15. The Morgan fingerprint density at radius 2 is 1.86 bits per heavy atom. The van der Waals surface area contributed by atoms with Crippen molar-refractivity contribution in [1.82, 2.24) is 5.32 Å². The van der Waals surface area contributed by atoms with Crippen molar-refractivity contribution in [2.45, 2.75) is 27.3 Å². The van der Waals surface area contributed by atoms with Gasteiger partial charge in [-0.1, -0.05) is 17.7 Å². The average molecular weight is 287 g/mol. The number of rotatable bonds is 4. The first-order valence-corrected chi connectivity index (χ1v) is 6.56. The van der Waals surface area contributed by atoms with Gasteiger partial charge in [0.15, 0.2) is 0 Å². The van der Waals surface area contributed by atoms with Crippen LogP contribution in [0.4, 0.5) is 0 Å². The van der Waals surface area contributed by atoms with Gasteiger partial charge in [0.25, 0.3) is 5.91 Å². The fourth-order valence-corrected chi connectivity index (χ4v) is 2.17. The predicted octanol–water partition coefficient (Wildman–Crippen LogP) is 2.83. The van der Waals surface area contributed by atoms with E-state index in [0.717, 1.165) is 11.1 Å². The van der Waals surface area contributed by atoms with Crippen molar-refractivity contribution in [1.29, 1.82) is 0 Å². The van der Waals surface area contributed by atoms with Crippen LogP contribution in [0.25, 0.3) is 0 Å². The predicted molar refractivity (Wildman–Crippen MR) is 77.5 cm³/mol. The number of carboxylic acids is 1. The molecule has 1 aromatic heterocycles. The third kappa shape index (κ3) is 3.31. The molecule has 2 aromatic rings. The van der Waals surface area contributed by atoms with E-state index >= 15 is 0 Å². The van der Waals surface area contributed by atoms with Crippen LogP contribution >= 0.6 is 0 Å². The van der Waals surface area contributed by atoms with Crippen LogP contribution in [0.3, 0.4) is 0 Å². The number of nitrogens with one attached hydrogen (secondary N) is 1. The highest BCUT2D eigenvalue weighted by molar-refractivity contribution is 5.95. The first kappa shape index (κ1) is 14.8. The second-order valence-corrected chi connectivity index (χ2v) is 4.99. The zero-order valence-corrected chi connectivity index (χ0v) is 12.2. The Kier molecular flexibility index (Phi) is 4.12. The minimum atomic E-state index is -1.04. The van der Waals surface area contributed by atoms with Gasteiger partial charge in [0.05, 0.1) is 6.54 Å². The second kappa shape index (κ2) is 5.83. The largest absolute Gasteiger partial charge is 0.478 e. The molecule has 5 nitrogen and oxygen atoms in total. The summed E-state index contributed by atoms with van der Waals surface area (Å²) < 4.78 is 5.32. The SMILES string of the molecule is Cc1ccc(C(=O)NCc2cc(C(=O)O)c(C)o2)c(C)c1. The first-order valence-electron chi connectivity index (χ1n) is 6.56. The van der Waals surface area contributed by atoms with Gasteiger partial charge in [-0.25, -0.2) is 4.79 Å². The number of amides is 1. The summed E-state index contributed by atoms with van der Waals surface area (Å²) in [4.78, 5) is 23.0. The quantitative estimate of drug-likeness (QED) is 0.906. The Labute approximate surface area is 122 Å². The number of furan rings is 1. The van der Waals surface area contributed by atoms with Crippen molar-refractivity contribution < 1.29 is 19.1 Å². The summed E-state index contributed by atoms with van der Waals surface area (Å²) >= 11 is 0. The van der Waals surface area contributed by atoms with Crippen molar-refractivity contribution in [3.05, 3.63) is 58.0 Å². The zero-order chi connectivity index (χ0) is 15.6. The Hall–Kier alpha value is -2.56. The highest BCUT2D eigenvalue weighted by atomic mass is 16.4. The summed E-state index contributed by atoms with van der Waals surface area (Å²) in [5, 5.41) is 11.7. The molecule has 2 N–H and O–H groups in total. The van der Waals surface area contributed by atoms with Crippen LogP contribution in [0.1, 0.15) is 43.4 Å². The summed E-state index contributed by atoms with van der Waals surface area (Å²) in [6.45, 7) is 5.58. The fraction of sp³-hybridized carbons (Fsp3) is 0.250. The molecule has 110 valence electrons. The third-order valence-corrected chi connectivity index (χ3v) is 3.25. The molecule has 0 aliphatic rings. The standard InChI is InChI=1S/C16H17NO4/c1-9-4-5-13(10(2)6-9)15(18)17-8-12-7-14(16(19)20)11(3)21-12/h4-7H,8H2,1-3H3,(H,17,18)(H,19,20). The normalized spacial score (nSPS) is 10.4. The maximum atomic E-state index is 12.1. The minimum Gasteiger partial charge on any atom is -0.478 e. The maximum Gasteiger partial charge on any atom is 0.339 e. The summed E-state index contributed by atoms with van der Waals surface area (Å²) in [6, 6.07) is 7.02. The van der Waals surface area contributed by atoms with Gasteiger partial charge in [-0.15, -0.1) is 0 Å². The second-order valence-electron chi connectivity index (χ2n) is 4.99. The van der Waals surface area contributed by atoms with Gasteiger partial charge in [-0.3, -0.25) is 4.79 Å². The van der Waals surface area contributed by atoms with Crippen LogP contribution in [0.2, 0.25) is 0 Å². The Balaban J connectivity index is 2.07. The number of carboxylic acid groups (broad SMARTS) is 1. The van der Waals surface area contributed by atoms with E-state index in [1.54, 1.807) is 13.0 Å². The molecule has 0 saturated heterocycles. The molecule has 0 fully saturated rings. The van der Waals surface area contributed by atoms with E-state index in [0.29, 0.717) is 17.1 Å². The topological polar surface area (TPSA) is 79.5 Å². The van der Waals surface area contributed by atoms with E-state index < -0.39 is 5.97 Å². The lowest BCUT2D eigenvalue weighted by molar-refractivity contribution is 0.0694. The monoisotopic (exact) mass is 287 g/mol. The lowest BCUT2D eigenvalue weighted by atomic mass is 10.1. The van der Waals surface area contributed by atoms with Crippen LogP contribution in [0.15, 0.2) is 28.7 Å². The molecule has 0 bridgehead atoms. The molecule has 2 rings (SSSR count). The first-order chi connectivity index (χ1) is 9.88. The van der Waals surface area contributed by atoms with Crippen molar-refractivity contribution in [3.8, 4) is 0 Å². The molecule has 1 aromatic carbocycles. The van der Waals surface area contributed by atoms with E-state index in [4.69, 9.17) is 9.52 Å². The summed E-state index contributed by atoms with van der Waals surface area (Å²) in [5.74, 6) is -0.497. The van der Waals surface area contributed by atoms with Crippen molar-refractivity contribution >= 4 is 11.9 Å². The number of hydrogen-bond acceptors (Lipinski definition) is 3. The number of aromatic carboxylic acids is 1. The zero-order valence-electron chi connectivity index (χ0n) is 12.2. The van der Waals surface area contributed by atoms with E-state index in [2.05, 4.69) is 5.32 Å². The molecule has 0 saturated carbocycles. The lowest BCUT2D eigenvalue weighted by Crippen LogP contribution is -2.23. The van der Waals surface area contributed by atoms with Crippen LogP contribution in [0.5, 0.6) is 0 Å². The Bertz CT molecular complexity index is 700. The number of carbonyl (C=O) groups is 2. The van der Waals surface area contributed by atoms with Crippen molar-refractivity contribution in [2.75, 3.05) is 0 Å². The highest BCUT2D eigenvalue weighted by Crippen LogP contribution is 2.15. The fourth-order valence-electron chi connectivity index (χ4n) is 2.17. The van der Waals surface area contributed by atoms with E-state index in [1.165, 1.54) is 6.07 Å². The molecule has 0 aliphatic carbocycles. The average Bonchev–Trinajstić information content (AvgIpc) is 2.77. The minimum absolute atomic E-state index is 0.116. The van der Waals surface area contributed by atoms with Gasteiger partial charge < -0.3 is 14.8 Å². The van der Waals surface area contributed by atoms with E-state index in [-0.39, 0.29) is 18.0 Å². The number of aryl methyl sites for hydroxylation is 3. The Morgan fingerprint density at radius 3 is 2.43 bits per heavy atom. The summed E-state index contributed by atoms with van der Waals surface area (Å²) in [5.41, 5.74) is 2.71. The van der Waals surface area contributed by atoms with Gasteiger partial charge in [0.2, 0.25) is 0 Å². The molecule has 0 spiro atoms. The van der Waals surface area contributed by atoms with Gasteiger partial charge in [-0.2, -0.15) is 0 Å². The van der Waals surface area contributed by atoms with Crippen LogP contribution in [0, 0.1) is 20.8 Å². The van der Waals surface area contributed by atoms with Crippen LogP contribution in [-0.2, 0) is 6.54 Å². The molecular formula is C16H17NO4.